The molecule has 2 atom stereocenters. The van der Waals surface area contributed by atoms with Crippen LogP contribution in [0.5, 0.6) is 0 Å². The first-order chi connectivity index (χ1) is 10.2. The summed E-state index contributed by atoms with van der Waals surface area (Å²) >= 11 is 0. The first-order valence-electron chi connectivity index (χ1n) is 7.26. The maximum absolute atomic E-state index is 12.2. The van der Waals surface area contributed by atoms with Crippen LogP contribution in [0.1, 0.15) is 32.2 Å². The molecule has 0 radical (unpaired) electrons. The number of carbonyl (C=O) groups excluding carboxylic acids is 1. The highest BCUT2D eigenvalue weighted by Crippen LogP contribution is 2.36. The Kier molecular flexibility index (Phi) is 3.83. The SMILES string of the molecule is CCCCOCC1CC(n2cnc3c(N)ncnc32)C1=O. The molecular weight excluding hydrogens is 270 g/mol. The van der Waals surface area contributed by atoms with E-state index in [2.05, 4.69) is 21.9 Å². The van der Waals surface area contributed by atoms with Gasteiger partial charge in [0.25, 0.3) is 0 Å². The highest BCUT2D eigenvalue weighted by atomic mass is 16.5. The predicted molar refractivity (Wildman–Crippen MR) is 77.6 cm³/mol. The van der Waals surface area contributed by atoms with Gasteiger partial charge in [-0.25, -0.2) is 15.0 Å². The van der Waals surface area contributed by atoms with Crippen molar-refractivity contribution in [2.45, 2.75) is 32.2 Å². The van der Waals surface area contributed by atoms with Gasteiger partial charge in [-0.05, 0) is 12.8 Å². The molecule has 1 fully saturated rings. The lowest BCUT2D eigenvalue weighted by atomic mass is 9.79. The van der Waals surface area contributed by atoms with Crippen molar-refractivity contribution in [2.24, 2.45) is 5.92 Å². The number of unbranched alkanes of at least 4 members (excludes halogenated alkanes) is 1. The van der Waals surface area contributed by atoms with E-state index in [0.717, 1.165) is 25.9 Å². The molecule has 7 heteroatoms. The molecule has 3 rings (SSSR count). The molecule has 0 saturated heterocycles. The number of hydrogen-bond acceptors (Lipinski definition) is 6. The molecule has 21 heavy (non-hydrogen) atoms. The smallest absolute Gasteiger partial charge is 0.166 e. The highest BCUT2D eigenvalue weighted by molar-refractivity contribution is 5.92. The van der Waals surface area contributed by atoms with Gasteiger partial charge in [0.2, 0.25) is 0 Å². The maximum Gasteiger partial charge on any atom is 0.166 e. The van der Waals surface area contributed by atoms with Crippen LogP contribution in [0.25, 0.3) is 11.2 Å². The Hall–Kier alpha value is -2.02. The fourth-order valence-corrected chi connectivity index (χ4v) is 2.58. The zero-order valence-electron chi connectivity index (χ0n) is 12.0. The molecule has 2 heterocycles. The lowest BCUT2D eigenvalue weighted by molar-refractivity contribution is -0.137. The van der Waals surface area contributed by atoms with Crippen LogP contribution < -0.4 is 5.73 Å². The molecule has 7 nitrogen and oxygen atoms in total. The van der Waals surface area contributed by atoms with Gasteiger partial charge in [-0.3, -0.25) is 4.79 Å². The van der Waals surface area contributed by atoms with E-state index in [-0.39, 0.29) is 17.7 Å². The van der Waals surface area contributed by atoms with Crippen LogP contribution in [-0.4, -0.2) is 38.5 Å². The number of anilines is 1. The van der Waals surface area contributed by atoms with E-state index in [4.69, 9.17) is 10.5 Å². The molecule has 0 amide bonds. The van der Waals surface area contributed by atoms with Crippen molar-refractivity contribution in [2.75, 3.05) is 18.9 Å². The molecule has 1 aliphatic rings. The molecule has 1 aliphatic carbocycles. The average molecular weight is 289 g/mol. The summed E-state index contributed by atoms with van der Waals surface area (Å²) in [7, 11) is 0. The van der Waals surface area contributed by atoms with Gasteiger partial charge in [0, 0.05) is 12.5 Å². The highest BCUT2D eigenvalue weighted by Gasteiger charge is 2.41. The van der Waals surface area contributed by atoms with E-state index in [1.54, 1.807) is 10.9 Å². The number of carbonyl (C=O) groups is 1. The minimum atomic E-state index is -0.205. The second-order valence-electron chi connectivity index (χ2n) is 5.36. The zero-order chi connectivity index (χ0) is 14.8. The summed E-state index contributed by atoms with van der Waals surface area (Å²) in [5.41, 5.74) is 6.92. The number of nitrogen functional groups attached to an aromatic ring is 1. The summed E-state index contributed by atoms with van der Waals surface area (Å²) in [6.45, 7) is 3.35. The number of aromatic nitrogens is 4. The fourth-order valence-electron chi connectivity index (χ4n) is 2.58. The Bertz CT molecular complexity index is 654. The summed E-state index contributed by atoms with van der Waals surface area (Å²) in [5, 5.41) is 0. The van der Waals surface area contributed by atoms with Gasteiger partial charge >= 0.3 is 0 Å². The number of nitrogens with zero attached hydrogens (tertiary/aromatic N) is 4. The minimum absolute atomic E-state index is 0.0107. The van der Waals surface area contributed by atoms with Crippen molar-refractivity contribution in [3.05, 3.63) is 12.7 Å². The quantitative estimate of drug-likeness (QED) is 0.806. The molecule has 2 aromatic heterocycles. The number of fused-ring (bicyclic) bond motifs is 1. The van der Waals surface area contributed by atoms with E-state index < -0.39 is 0 Å². The lowest BCUT2D eigenvalue weighted by Crippen LogP contribution is -2.41. The largest absolute Gasteiger partial charge is 0.382 e. The summed E-state index contributed by atoms with van der Waals surface area (Å²) in [6.07, 6.45) is 5.91. The average Bonchev–Trinajstić information content (AvgIpc) is 2.90. The minimum Gasteiger partial charge on any atom is -0.382 e. The topological polar surface area (TPSA) is 95.9 Å². The third-order valence-electron chi connectivity index (χ3n) is 3.92. The first kappa shape index (κ1) is 13.9. The molecule has 2 unspecified atom stereocenters. The number of rotatable bonds is 6. The van der Waals surface area contributed by atoms with Gasteiger partial charge in [0.05, 0.1) is 19.0 Å². The molecule has 0 aliphatic heterocycles. The van der Waals surface area contributed by atoms with Gasteiger partial charge < -0.3 is 15.0 Å². The summed E-state index contributed by atoms with van der Waals surface area (Å²) in [5.74, 6) is 0.511. The predicted octanol–water partition coefficient (Wildman–Crippen LogP) is 1.36. The monoisotopic (exact) mass is 289 g/mol. The lowest BCUT2D eigenvalue weighted by Gasteiger charge is -2.34. The molecule has 0 spiro atoms. The second kappa shape index (κ2) is 5.77. The third-order valence-corrected chi connectivity index (χ3v) is 3.92. The standard InChI is InChI=1S/C14H19N5O2/c1-2-3-4-21-6-9-5-10(12(9)20)19-8-18-11-13(15)16-7-17-14(11)19/h7-10H,2-6H2,1H3,(H2,15,16,17). The molecule has 2 N–H and O–H groups in total. The van der Waals surface area contributed by atoms with Crippen LogP contribution in [0.15, 0.2) is 12.7 Å². The number of imidazole rings is 1. The van der Waals surface area contributed by atoms with Crippen LogP contribution in [0.2, 0.25) is 0 Å². The number of ether oxygens (including phenoxy) is 1. The fraction of sp³-hybridized carbons (Fsp3) is 0.571. The van der Waals surface area contributed by atoms with E-state index >= 15 is 0 Å². The van der Waals surface area contributed by atoms with Crippen molar-refractivity contribution in [1.82, 2.24) is 19.5 Å². The van der Waals surface area contributed by atoms with Gasteiger partial charge in [-0.1, -0.05) is 13.3 Å². The van der Waals surface area contributed by atoms with E-state index in [1.165, 1.54) is 6.33 Å². The van der Waals surface area contributed by atoms with Crippen molar-refractivity contribution >= 4 is 22.8 Å². The Labute approximate surface area is 122 Å². The first-order valence-corrected chi connectivity index (χ1v) is 7.26. The summed E-state index contributed by atoms with van der Waals surface area (Å²) in [6, 6.07) is -0.205. The Morgan fingerprint density at radius 2 is 2.29 bits per heavy atom. The number of nitrogens with two attached hydrogens (primary N) is 1. The second-order valence-corrected chi connectivity index (χ2v) is 5.36. The van der Waals surface area contributed by atoms with Crippen LogP contribution in [0.3, 0.4) is 0 Å². The van der Waals surface area contributed by atoms with E-state index in [0.29, 0.717) is 23.6 Å². The third kappa shape index (κ3) is 2.49. The van der Waals surface area contributed by atoms with Crippen LogP contribution in [-0.2, 0) is 9.53 Å². The Morgan fingerprint density at radius 3 is 3.05 bits per heavy atom. The molecule has 0 bridgehead atoms. The van der Waals surface area contributed by atoms with Gasteiger partial charge in [0.1, 0.15) is 11.8 Å². The molecule has 1 saturated carbocycles. The molecule has 2 aromatic rings. The van der Waals surface area contributed by atoms with Crippen LogP contribution in [0.4, 0.5) is 5.82 Å². The molecule has 112 valence electrons. The number of ketones is 1. The van der Waals surface area contributed by atoms with Gasteiger partial charge in [0.15, 0.2) is 17.2 Å². The van der Waals surface area contributed by atoms with E-state index in [9.17, 15) is 4.79 Å². The van der Waals surface area contributed by atoms with Crippen LogP contribution >= 0.6 is 0 Å². The van der Waals surface area contributed by atoms with Crippen molar-refractivity contribution in [1.29, 1.82) is 0 Å². The van der Waals surface area contributed by atoms with Crippen molar-refractivity contribution in [3.63, 3.8) is 0 Å². The molecular formula is C14H19N5O2. The molecule has 0 aromatic carbocycles. The normalized spacial score (nSPS) is 21.7. The van der Waals surface area contributed by atoms with Crippen molar-refractivity contribution < 1.29 is 9.53 Å². The van der Waals surface area contributed by atoms with Gasteiger partial charge in [-0.15, -0.1) is 0 Å². The van der Waals surface area contributed by atoms with Gasteiger partial charge in [-0.2, -0.15) is 0 Å². The Balaban J connectivity index is 1.66. The summed E-state index contributed by atoms with van der Waals surface area (Å²) < 4.78 is 7.32. The number of hydrogen-bond donors (Lipinski definition) is 1. The van der Waals surface area contributed by atoms with Crippen LogP contribution in [0, 0.1) is 5.92 Å². The van der Waals surface area contributed by atoms with Crippen molar-refractivity contribution in [3.8, 4) is 0 Å². The zero-order valence-corrected chi connectivity index (χ0v) is 12.0. The van der Waals surface area contributed by atoms with E-state index in [1.807, 2.05) is 0 Å². The Morgan fingerprint density at radius 1 is 1.43 bits per heavy atom. The number of Topliss-reactive ketones (excluding diaryl/α,β-unsaturated/α-hetero) is 1. The summed E-state index contributed by atoms with van der Waals surface area (Å²) in [4.78, 5) is 24.5. The maximum atomic E-state index is 12.2.